The van der Waals surface area contributed by atoms with Crippen molar-refractivity contribution in [3.63, 3.8) is 0 Å². The van der Waals surface area contributed by atoms with E-state index in [1.165, 1.54) is 5.56 Å². The maximum atomic E-state index is 4.61. The molecule has 0 spiro atoms. The fourth-order valence-corrected chi connectivity index (χ4v) is 1.95. The number of nitrogens with zero attached hydrogens (tertiary/aromatic N) is 1. The number of aryl methyl sites for hydroxylation is 1. The predicted molar refractivity (Wildman–Crippen MR) is 72.4 cm³/mol. The number of benzene rings is 1. The SMILES string of the molecule is CC(C)(C)c1nc2ccc(CCS)cc2[nH]1. The Morgan fingerprint density at radius 1 is 1.31 bits per heavy atom. The van der Waals surface area contributed by atoms with E-state index in [1.807, 2.05) is 0 Å². The van der Waals surface area contributed by atoms with Gasteiger partial charge in [-0.3, -0.25) is 0 Å². The maximum Gasteiger partial charge on any atom is 0.112 e. The van der Waals surface area contributed by atoms with Gasteiger partial charge in [0.2, 0.25) is 0 Å². The molecule has 1 N–H and O–H groups in total. The highest BCUT2D eigenvalue weighted by atomic mass is 32.1. The Morgan fingerprint density at radius 3 is 2.69 bits per heavy atom. The van der Waals surface area contributed by atoms with Crippen LogP contribution in [0.15, 0.2) is 18.2 Å². The van der Waals surface area contributed by atoms with Crippen LogP contribution in [0.2, 0.25) is 0 Å². The van der Waals surface area contributed by atoms with Crippen molar-refractivity contribution in [3.8, 4) is 0 Å². The van der Waals surface area contributed by atoms with Crippen molar-refractivity contribution < 1.29 is 0 Å². The van der Waals surface area contributed by atoms with Crippen molar-refractivity contribution in [3.05, 3.63) is 29.6 Å². The number of hydrogen-bond donors (Lipinski definition) is 2. The molecule has 3 heteroatoms. The Morgan fingerprint density at radius 2 is 2.06 bits per heavy atom. The zero-order valence-electron chi connectivity index (χ0n) is 10.0. The molecule has 0 aliphatic rings. The maximum absolute atomic E-state index is 4.61. The molecule has 0 bridgehead atoms. The molecule has 0 unspecified atom stereocenters. The van der Waals surface area contributed by atoms with Crippen molar-refractivity contribution in [2.75, 3.05) is 5.75 Å². The fourth-order valence-electron chi connectivity index (χ4n) is 1.70. The summed E-state index contributed by atoms with van der Waals surface area (Å²) in [6.45, 7) is 6.50. The Balaban J connectivity index is 2.46. The number of fused-ring (bicyclic) bond motifs is 1. The first-order valence-corrected chi connectivity index (χ1v) is 6.24. The van der Waals surface area contributed by atoms with Gasteiger partial charge in [0.05, 0.1) is 11.0 Å². The normalized spacial score (nSPS) is 12.2. The molecule has 0 aliphatic heterocycles. The second-order valence-electron chi connectivity index (χ2n) is 5.16. The molecule has 2 aromatic rings. The average Bonchev–Trinajstić information content (AvgIpc) is 2.60. The van der Waals surface area contributed by atoms with Gasteiger partial charge in [0.1, 0.15) is 5.82 Å². The summed E-state index contributed by atoms with van der Waals surface area (Å²) in [6.07, 6.45) is 1.00. The van der Waals surface area contributed by atoms with Crippen molar-refractivity contribution in [2.45, 2.75) is 32.6 Å². The molecule has 1 heterocycles. The standard InChI is InChI=1S/C13H18N2S/c1-13(2,3)12-14-10-5-4-9(6-7-16)8-11(10)15-12/h4-5,8,16H,6-7H2,1-3H3,(H,14,15). The Bertz CT molecular complexity index is 494. The van der Waals surface area contributed by atoms with Crippen LogP contribution in [0.3, 0.4) is 0 Å². The number of rotatable bonds is 2. The van der Waals surface area contributed by atoms with E-state index in [1.54, 1.807) is 0 Å². The molecule has 0 saturated carbocycles. The van der Waals surface area contributed by atoms with Gasteiger partial charge in [-0.05, 0) is 29.9 Å². The van der Waals surface area contributed by atoms with E-state index in [4.69, 9.17) is 0 Å². The quantitative estimate of drug-likeness (QED) is 0.767. The predicted octanol–water partition coefficient (Wildman–Crippen LogP) is 3.33. The molecule has 0 fully saturated rings. The molecular weight excluding hydrogens is 216 g/mol. The first-order valence-electron chi connectivity index (χ1n) is 5.61. The number of aromatic amines is 1. The second-order valence-corrected chi connectivity index (χ2v) is 5.61. The largest absolute Gasteiger partial charge is 0.342 e. The number of hydrogen-bond acceptors (Lipinski definition) is 2. The molecule has 2 nitrogen and oxygen atoms in total. The minimum Gasteiger partial charge on any atom is -0.342 e. The zero-order chi connectivity index (χ0) is 11.8. The van der Waals surface area contributed by atoms with Crippen LogP contribution in [-0.2, 0) is 11.8 Å². The van der Waals surface area contributed by atoms with Gasteiger partial charge in [-0.15, -0.1) is 0 Å². The fraction of sp³-hybridized carbons (Fsp3) is 0.462. The lowest BCUT2D eigenvalue weighted by Crippen LogP contribution is -2.12. The van der Waals surface area contributed by atoms with Crippen molar-refractivity contribution >= 4 is 23.7 Å². The van der Waals surface area contributed by atoms with Gasteiger partial charge in [0.25, 0.3) is 0 Å². The molecule has 0 aliphatic carbocycles. The lowest BCUT2D eigenvalue weighted by Gasteiger charge is -2.13. The number of nitrogens with one attached hydrogen (secondary N) is 1. The van der Waals surface area contributed by atoms with E-state index in [0.717, 1.165) is 29.0 Å². The van der Waals surface area contributed by atoms with E-state index in [0.29, 0.717) is 0 Å². The number of thiol groups is 1. The smallest absolute Gasteiger partial charge is 0.112 e. The van der Waals surface area contributed by atoms with Gasteiger partial charge in [-0.1, -0.05) is 26.8 Å². The van der Waals surface area contributed by atoms with Crippen LogP contribution in [0.4, 0.5) is 0 Å². The highest BCUT2D eigenvalue weighted by Gasteiger charge is 2.17. The van der Waals surface area contributed by atoms with Crippen LogP contribution in [0.25, 0.3) is 11.0 Å². The summed E-state index contributed by atoms with van der Waals surface area (Å²) in [6, 6.07) is 6.39. The van der Waals surface area contributed by atoms with Crippen LogP contribution < -0.4 is 0 Å². The Hall–Kier alpha value is -0.960. The molecule has 2 rings (SSSR count). The number of aromatic nitrogens is 2. The summed E-state index contributed by atoms with van der Waals surface area (Å²) in [4.78, 5) is 8.01. The van der Waals surface area contributed by atoms with E-state index in [9.17, 15) is 0 Å². The molecule has 16 heavy (non-hydrogen) atoms. The van der Waals surface area contributed by atoms with E-state index in [2.05, 4.69) is 61.6 Å². The van der Waals surface area contributed by atoms with E-state index >= 15 is 0 Å². The molecule has 0 radical (unpaired) electrons. The molecule has 1 aromatic carbocycles. The monoisotopic (exact) mass is 234 g/mol. The highest BCUT2D eigenvalue weighted by molar-refractivity contribution is 7.80. The van der Waals surface area contributed by atoms with Gasteiger partial charge in [-0.2, -0.15) is 12.6 Å². The molecular formula is C13H18N2S. The van der Waals surface area contributed by atoms with Crippen LogP contribution in [0.5, 0.6) is 0 Å². The third kappa shape index (κ3) is 2.24. The lowest BCUT2D eigenvalue weighted by atomic mass is 9.96. The van der Waals surface area contributed by atoms with Crippen LogP contribution in [-0.4, -0.2) is 15.7 Å². The van der Waals surface area contributed by atoms with Gasteiger partial charge < -0.3 is 4.98 Å². The van der Waals surface area contributed by atoms with Crippen LogP contribution >= 0.6 is 12.6 Å². The minimum atomic E-state index is 0.0722. The molecule has 0 atom stereocenters. The van der Waals surface area contributed by atoms with Gasteiger partial charge in [0, 0.05) is 5.41 Å². The zero-order valence-corrected chi connectivity index (χ0v) is 10.9. The molecule has 86 valence electrons. The van der Waals surface area contributed by atoms with E-state index in [-0.39, 0.29) is 5.41 Å². The Kier molecular flexibility index (Phi) is 2.98. The van der Waals surface area contributed by atoms with Gasteiger partial charge in [0.15, 0.2) is 0 Å². The topological polar surface area (TPSA) is 28.7 Å². The van der Waals surface area contributed by atoms with Crippen LogP contribution in [0, 0.1) is 0 Å². The van der Waals surface area contributed by atoms with Gasteiger partial charge in [-0.25, -0.2) is 4.98 Å². The summed E-state index contributed by atoms with van der Waals surface area (Å²) >= 11 is 4.25. The molecule has 0 amide bonds. The minimum absolute atomic E-state index is 0.0722. The van der Waals surface area contributed by atoms with Crippen molar-refractivity contribution in [1.82, 2.24) is 9.97 Å². The summed E-state index contributed by atoms with van der Waals surface area (Å²) in [5.74, 6) is 1.93. The van der Waals surface area contributed by atoms with Crippen LogP contribution in [0.1, 0.15) is 32.2 Å². The first-order chi connectivity index (χ1) is 7.50. The number of imidazole rings is 1. The summed E-state index contributed by atoms with van der Waals surface area (Å²) < 4.78 is 0. The first kappa shape index (κ1) is 11.5. The molecule has 1 aromatic heterocycles. The lowest BCUT2D eigenvalue weighted by molar-refractivity contribution is 0.554. The van der Waals surface area contributed by atoms with Crippen molar-refractivity contribution in [1.29, 1.82) is 0 Å². The molecule has 0 saturated heterocycles. The van der Waals surface area contributed by atoms with Gasteiger partial charge >= 0.3 is 0 Å². The third-order valence-corrected chi connectivity index (χ3v) is 2.88. The van der Waals surface area contributed by atoms with E-state index < -0.39 is 0 Å². The average molecular weight is 234 g/mol. The Labute approximate surface area is 102 Å². The summed E-state index contributed by atoms with van der Waals surface area (Å²) in [5.41, 5.74) is 3.56. The summed E-state index contributed by atoms with van der Waals surface area (Å²) in [7, 11) is 0. The number of H-pyrrole nitrogens is 1. The third-order valence-electron chi connectivity index (χ3n) is 2.66. The second kappa shape index (κ2) is 4.13. The summed E-state index contributed by atoms with van der Waals surface area (Å²) in [5, 5.41) is 0. The highest BCUT2D eigenvalue weighted by Crippen LogP contribution is 2.23. The van der Waals surface area contributed by atoms with Crippen molar-refractivity contribution in [2.24, 2.45) is 0 Å².